The van der Waals surface area contributed by atoms with Gasteiger partial charge in [-0.15, -0.1) is 11.3 Å². The van der Waals surface area contributed by atoms with Gasteiger partial charge in [0.05, 0.1) is 29.4 Å². The SMILES string of the molecule is CCOc1ccc(N=c2scc(-c3ccc(S(=O)(=O)N4CCC(Cc5ccccc5)CC4)cc3)n2Cc2ccccc2)cc1. The molecule has 1 fully saturated rings. The van der Waals surface area contributed by atoms with E-state index in [0.29, 0.717) is 37.1 Å². The summed E-state index contributed by atoms with van der Waals surface area (Å²) in [6.45, 7) is 4.34. The van der Waals surface area contributed by atoms with Crippen molar-refractivity contribution in [3.63, 3.8) is 0 Å². The molecule has 1 aromatic heterocycles. The van der Waals surface area contributed by atoms with Gasteiger partial charge in [-0.1, -0.05) is 72.8 Å². The van der Waals surface area contributed by atoms with Gasteiger partial charge < -0.3 is 9.30 Å². The van der Waals surface area contributed by atoms with E-state index in [1.54, 1.807) is 27.8 Å². The Balaban J connectivity index is 1.23. The van der Waals surface area contributed by atoms with Gasteiger partial charge >= 0.3 is 0 Å². The smallest absolute Gasteiger partial charge is 0.243 e. The van der Waals surface area contributed by atoms with Crippen molar-refractivity contribution in [3.05, 3.63) is 131 Å². The molecule has 1 saturated heterocycles. The molecular weight excluding hydrogens is 587 g/mol. The lowest BCUT2D eigenvalue weighted by atomic mass is 9.91. The van der Waals surface area contributed by atoms with E-state index in [-0.39, 0.29) is 0 Å². The van der Waals surface area contributed by atoms with E-state index >= 15 is 0 Å². The number of rotatable bonds is 10. The highest BCUT2D eigenvalue weighted by Gasteiger charge is 2.29. The van der Waals surface area contributed by atoms with Gasteiger partial charge in [0, 0.05) is 18.5 Å². The first-order chi connectivity index (χ1) is 21.5. The molecule has 0 aliphatic carbocycles. The standard InChI is InChI=1S/C36H37N3O3S2/c1-2-42-33-17-15-32(16-18-33)37-36-39(26-30-11-7-4-8-12-30)35(27-43-36)31-13-19-34(20-14-31)44(40,41)38-23-21-29(22-24-38)25-28-9-5-3-6-10-28/h3-20,27,29H,2,21-26H2,1H3. The fraction of sp³-hybridized carbons (Fsp3) is 0.250. The summed E-state index contributed by atoms with van der Waals surface area (Å²) in [4.78, 5) is 6.16. The molecule has 44 heavy (non-hydrogen) atoms. The minimum absolute atomic E-state index is 0.340. The zero-order chi connectivity index (χ0) is 30.4. The Hall–Kier alpha value is -3.98. The van der Waals surface area contributed by atoms with E-state index in [2.05, 4.69) is 46.3 Å². The van der Waals surface area contributed by atoms with Crippen molar-refractivity contribution in [2.24, 2.45) is 10.9 Å². The number of thiazole rings is 1. The number of aromatic nitrogens is 1. The molecule has 1 aliphatic rings. The Morgan fingerprint density at radius 3 is 2.09 bits per heavy atom. The molecule has 1 aliphatic heterocycles. The van der Waals surface area contributed by atoms with Crippen LogP contribution < -0.4 is 9.54 Å². The molecule has 4 aromatic carbocycles. The fourth-order valence-corrected chi connectivity index (χ4v) is 8.11. The van der Waals surface area contributed by atoms with Gasteiger partial charge in [0.2, 0.25) is 10.0 Å². The molecule has 2 heterocycles. The van der Waals surface area contributed by atoms with Gasteiger partial charge in [0.15, 0.2) is 4.80 Å². The highest BCUT2D eigenvalue weighted by Crippen LogP contribution is 2.29. The van der Waals surface area contributed by atoms with E-state index < -0.39 is 10.0 Å². The van der Waals surface area contributed by atoms with Crippen LogP contribution in [-0.4, -0.2) is 37.0 Å². The first kappa shape index (κ1) is 30.1. The molecule has 0 saturated carbocycles. The number of ether oxygens (including phenoxy) is 1. The first-order valence-electron chi connectivity index (χ1n) is 15.1. The van der Waals surface area contributed by atoms with Crippen LogP contribution in [0, 0.1) is 5.92 Å². The van der Waals surface area contributed by atoms with Gasteiger partial charge in [-0.3, -0.25) is 0 Å². The second-order valence-corrected chi connectivity index (χ2v) is 13.9. The van der Waals surface area contributed by atoms with Crippen LogP contribution in [-0.2, 0) is 23.0 Å². The van der Waals surface area contributed by atoms with Crippen molar-refractivity contribution in [2.75, 3.05) is 19.7 Å². The van der Waals surface area contributed by atoms with Crippen LogP contribution in [0.25, 0.3) is 11.3 Å². The Morgan fingerprint density at radius 1 is 0.818 bits per heavy atom. The molecule has 0 amide bonds. The maximum atomic E-state index is 13.6. The normalized spacial score (nSPS) is 15.0. The third-order valence-electron chi connectivity index (χ3n) is 8.08. The molecule has 0 atom stereocenters. The molecule has 0 unspecified atom stereocenters. The van der Waals surface area contributed by atoms with Crippen LogP contribution in [0.2, 0.25) is 0 Å². The number of hydrogen-bond acceptors (Lipinski definition) is 5. The fourth-order valence-electron chi connectivity index (χ4n) is 5.71. The third-order valence-corrected chi connectivity index (χ3v) is 10.9. The van der Waals surface area contributed by atoms with Crippen molar-refractivity contribution >= 4 is 27.0 Å². The van der Waals surface area contributed by atoms with Gasteiger partial charge in [-0.25, -0.2) is 13.4 Å². The van der Waals surface area contributed by atoms with Crippen LogP contribution in [0.3, 0.4) is 0 Å². The summed E-state index contributed by atoms with van der Waals surface area (Å²) in [7, 11) is -3.56. The average Bonchev–Trinajstić information content (AvgIpc) is 3.45. The third kappa shape index (κ3) is 7.04. The molecule has 5 aromatic rings. The van der Waals surface area contributed by atoms with Crippen molar-refractivity contribution < 1.29 is 13.2 Å². The molecule has 0 radical (unpaired) electrons. The van der Waals surface area contributed by atoms with E-state index in [4.69, 9.17) is 9.73 Å². The van der Waals surface area contributed by atoms with Crippen LogP contribution in [0.5, 0.6) is 5.75 Å². The molecule has 8 heteroatoms. The number of nitrogens with zero attached hydrogens (tertiary/aromatic N) is 3. The van der Waals surface area contributed by atoms with E-state index in [1.165, 1.54) is 5.56 Å². The summed E-state index contributed by atoms with van der Waals surface area (Å²) >= 11 is 1.57. The van der Waals surface area contributed by atoms with E-state index in [0.717, 1.165) is 52.3 Å². The summed E-state index contributed by atoms with van der Waals surface area (Å²) in [6.07, 6.45) is 2.75. The van der Waals surface area contributed by atoms with Crippen LogP contribution in [0.15, 0.2) is 124 Å². The zero-order valence-electron chi connectivity index (χ0n) is 24.9. The largest absolute Gasteiger partial charge is 0.494 e. The van der Waals surface area contributed by atoms with Crippen molar-refractivity contribution in [3.8, 4) is 17.0 Å². The maximum Gasteiger partial charge on any atom is 0.243 e. The quantitative estimate of drug-likeness (QED) is 0.162. The summed E-state index contributed by atoms with van der Waals surface area (Å²) < 4.78 is 36.6. The van der Waals surface area contributed by atoms with Crippen LogP contribution >= 0.6 is 11.3 Å². The molecule has 0 bridgehead atoms. The highest BCUT2D eigenvalue weighted by molar-refractivity contribution is 7.89. The van der Waals surface area contributed by atoms with Crippen LogP contribution in [0.4, 0.5) is 5.69 Å². The lowest BCUT2D eigenvalue weighted by Crippen LogP contribution is -2.38. The highest BCUT2D eigenvalue weighted by atomic mass is 32.2. The van der Waals surface area contributed by atoms with Gasteiger partial charge in [-0.2, -0.15) is 4.31 Å². The van der Waals surface area contributed by atoms with Gasteiger partial charge in [-0.05, 0) is 85.2 Å². The Kier molecular flexibility index (Phi) is 9.40. The molecule has 6 rings (SSSR count). The average molecular weight is 624 g/mol. The molecule has 226 valence electrons. The number of hydrogen-bond donors (Lipinski definition) is 0. The lowest BCUT2D eigenvalue weighted by Gasteiger charge is -2.31. The maximum absolute atomic E-state index is 13.6. The van der Waals surface area contributed by atoms with Crippen molar-refractivity contribution in [1.82, 2.24) is 8.87 Å². The summed E-state index contributed by atoms with van der Waals surface area (Å²) in [5.41, 5.74) is 5.27. The number of sulfonamides is 1. The van der Waals surface area contributed by atoms with E-state index in [1.807, 2.05) is 67.6 Å². The Bertz CT molecular complexity index is 1820. The van der Waals surface area contributed by atoms with Crippen LogP contribution in [0.1, 0.15) is 30.9 Å². The van der Waals surface area contributed by atoms with Gasteiger partial charge in [0.1, 0.15) is 5.75 Å². The molecule has 6 nitrogen and oxygen atoms in total. The first-order valence-corrected chi connectivity index (χ1v) is 17.5. The molecule has 0 spiro atoms. The Morgan fingerprint density at radius 2 is 1.45 bits per heavy atom. The second kappa shape index (κ2) is 13.8. The summed E-state index contributed by atoms with van der Waals surface area (Å²) in [5.74, 6) is 1.33. The Labute approximate surface area is 264 Å². The minimum Gasteiger partial charge on any atom is -0.494 e. The van der Waals surface area contributed by atoms with E-state index in [9.17, 15) is 8.42 Å². The summed E-state index contributed by atoms with van der Waals surface area (Å²) in [6, 6.07) is 35.9. The topological polar surface area (TPSA) is 63.9 Å². The number of benzene rings is 4. The molecular formula is C36H37N3O3S2. The lowest BCUT2D eigenvalue weighted by molar-refractivity contribution is 0.273. The minimum atomic E-state index is -3.56. The zero-order valence-corrected chi connectivity index (χ0v) is 26.5. The predicted octanol–water partition coefficient (Wildman–Crippen LogP) is 7.54. The van der Waals surface area contributed by atoms with Crippen molar-refractivity contribution in [1.29, 1.82) is 0 Å². The second-order valence-electron chi connectivity index (χ2n) is 11.1. The summed E-state index contributed by atoms with van der Waals surface area (Å²) in [5, 5.41) is 2.09. The predicted molar refractivity (Wildman–Crippen MR) is 178 cm³/mol. The molecule has 0 N–H and O–H groups in total. The van der Waals surface area contributed by atoms with Crippen molar-refractivity contribution in [2.45, 2.75) is 37.6 Å². The number of piperidine rings is 1. The van der Waals surface area contributed by atoms with Gasteiger partial charge in [0.25, 0.3) is 0 Å². The monoisotopic (exact) mass is 623 g/mol.